The summed E-state index contributed by atoms with van der Waals surface area (Å²) in [5, 5.41) is 4.51. The topological polar surface area (TPSA) is 123 Å². The van der Waals surface area contributed by atoms with Gasteiger partial charge < -0.3 is 24.3 Å². The van der Waals surface area contributed by atoms with E-state index in [2.05, 4.69) is 10.4 Å². The predicted molar refractivity (Wildman–Crippen MR) is 106 cm³/mol. The van der Waals surface area contributed by atoms with Crippen LogP contribution in [0.2, 0.25) is 0 Å². The highest BCUT2D eigenvalue weighted by molar-refractivity contribution is 7.52. The Morgan fingerprint density at radius 2 is 2.00 bits per heavy atom. The number of hydrogen-bond acceptors (Lipinski definition) is 7. The first-order chi connectivity index (χ1) is 14.4. The van der Waals surface area contributed by atoms with Gasteiger partial charge in [-0.05, 0) is 18.6 Å². The maximum atomic E-state index is 13.6. The number of hydrogen-bond donors (Lipinski definition) is 2. The number of methoxy groups -OCH3 is 1. The van der Waals surface area contributed by atoms with E-state index in [-0.39, 0.29) is 31.9 Å². The summed E-state index contributed by atoms with van der Waals surface area (Å²) in [5.41, 5.74) is 0. The van der Waals surface area contributed by atoms with Crippen molar-refractivity contribution in [3.05, 3.63) is 42.4 Å². The molecule has 0 aliphatic carbocycles. The number of aldehydes is 1. The minimum atomic E-state index is -3.89. The van der Waals surface area contributed by atoms with Crippen LogP contribution in [0.25, 0.3) is 0 Å². The number of rotatable bonds is 15. The molecule has 0 saturated carbocycles. The highest BCUT2D eigenvalue weighted by Crippen LogP contribution is 2.44. The number of carbonyl (C=O) groups is 3. The van der Waals surface area contributed by atoms with Crippen molar-refractivity contribution in [2.45, 2.75) is 12.5 Å². The molecule has 2 N–H and O–H groups in total. The van der Waals surface area contributed by atoms with Gasteiger partial charge in [0, 0.05) is 26.9 Å². The number of halogens is 1. The molecule has 0 spiro atoms. The van der Waals surface area contributed by atoms with Gasteiger partial charge in [0.2, 0.25) is 12.2 Å². The number of carbonyl (C=O) groups excluding carboxylic acids is 3. The third-order valence-electron chi connectivity index (χ3n) is 3.67. The lowest BCUT2D eigenvalue weighted by molar-refractivity contribution is -0.118. The molecular formula is C18H25FN3O7P. The van der Waals surface area contributed by atoms with Gasteiger partial charge in [-0.1, -0.05) is 18.2 Å². The van der Waals surface area contributed by atoms with Crippen molar-refractivity contribution in [2.75, 3.05) is 33.9 Å². The molecule has 2 amide bonds. The predicted octanol–water partition coefficient (Wildman–Crippen LogP) is 1.40. The largest absolute Gasteiger partial charge is 0.459 e. The van der Waals surface area contributed by atoms with E-state index in [4.69, 9.17) is 13.8 Å². The molecule has 0 fully saturated rings. The van der Waals surface area contributed by atoms with Crippen LogP contribution in [0, 0.1) is 0 Å². The summed E-state index contributed by atoms with van der Waals surface area (Å²) in [6, 6.07) is 8.25. The number of likely N-dealkylation sites (N-methyl/N-ethyl adjacent to an activating group) is 1. The van der Waals surface area contributed by atoms with E-state index >= 15 is 0 Å². The number of nitrogens with zero attached hydrogens (tertiary/aromatic N) is 1. The van der Waals surface area contributed by atoms with E-state index in [9.17, 15) is 23.3 Å². The number of nitrogens with one attached hydrogen (secondary N) is 2. The monoisotopic (exact) mass is 445 g/mol. The van der Waals surface area contributed by atoms with Crippen LogP contribution in [0.4, 0.5) is 4.39 Å². The molecule has 12 heteroatoms. The second-order valence-electron chi connectivity index (χ2n) is 5.77. The maximum absolute atomic E-state index is 13.6. The summed E-state index contributed by atoms with van der Waals surface area (Å²) in [6.07, 6.45) is 1.15. The second-order valence-corrected chi connectivity index (χ2v) is 7.52. The van der Waals surface area contributed by atoms with Gasteiger partial charge in [-0.25, -0.2) is 9.65 Å². The molecule has 1 unspecified atom stereocenters. The number of amides is 2. The van der Waals surface area contributed by atoms with Crippen LogP contribution >= 0.6 is 7.75 Å². The molecule has 2 atom stereocenters. The number of benzene rings is 1. The molecule has 30 heavy (non-hydrogen) atoms. The molecule has 0 heterocycles. The summed E-state index contributed by atoms with van der Waals surface area (Å²) in [7, 11) is -1.25. The lowest BCUT2D eigenvalue weighted by atomic mass is 10.2. The summed E-state index contributed by atoms with van der Waals surface area (Å²) >= 11 is 0. The van der Waals surface area contributed by atoms with Crippen LogP contribution in [-0.2, 0) is 28.2 Å². The van der Waals surface area contributed by atoms with Crippen LogP contribution in [0.1, 0.15) is 6.42 Å². The van der Waals surface area contributed by atoms with Crippen LogP contribution in [0.3, 0.4) is 0 Å². The Balaban J connectivity index is 2.71. The molecule has 1 aromatic rings. The van der Waals surface area contributed by atoms with Gasteiger partial charge in [0.25, 0.3) is 5.91 Å². The van der Waals surface area contributed by atoms with E-state index in [1.54, 1.807) is 30.3 Å². The van der Waals surface area contributed by atoms with Gasteiger partial charge in [-0.3, -0.25) is 14.1 Å². The van der Waals surface area contributed by atoms with E-state index in [0.717, 1.165) is 11.1 Å². The first-order valence-corrected chi connectivity index (χ1v) is 10.4. The van der Waals surface area contributed by atoms with Crippen molar-refractivity contribution in [1.29, 1.82) is 0 Å². The molecule has 0 aliphatic heterocycles. The minimum absolute atomic E-state index is 0.00138. The molecule has 0 aliphatic rings. The third kappa shape index (κ3) is 9.27. The fraction of sp³-hybridized carbons (Fsp3) is 0.389. The van der Waals surface area contributed by atoms with Crippen molar-refractivity contribution in [3.8, 4) is 5.75 Å². The highest BCUT2D eigenvalue weighted by atomic mass is 31.2. The molecule has 0 bridgehead atoms. The summed E-state index contributed by atoms with van der Waals surface area (Å²) in [5.74, 6) is -1.82. The Labute approximate surface area is 173 Å². The Bertz CT molecular complexity index is 763. The fourth-order valence-electron chi connectivity index (χ4n) is 2.09. The van der Waals surface area contributed by atoms with Crippen molar-refractivity contribution in [3.63, 3.8) is 0 Å². The quantitative estimate of drug-likeness (QED) is 0.236. The standard InChI is InChI=1S/C18H25FN3O7P/c1-20-18(25)17(19)12-22(14-24)10-8-16(27-2)13-28-30(26,21-9-11-23)29-15-6-4-3-5-7-15/h3-7,11-12,14,16H,8-10,13H2,1-2H3,(H,20,25)(H,21,26)/b17-12+/t16?,30-/m0/s1. The maximum Gasteiger partial charge on any atom is 0.459 e. The molecule has 10 nitrogen and oxygen atoms in total. The van der Waals surface area contributed by atoms with Gasteiger partial charge in [0.05, 0.1) is 19.3 Å². The van der Waals surface area contributed by atoms with Crippen molar-refractivity contribution in [2.24, 2.45) is 0 Å². The molecule has 0 saturated heterocycles. The number of para-hydroxylation sites is 1. The van der Waals surface area contributed by atoms with Crippen molar-refractivity contribution < 1.29 is 37.1 Å². The van der Waals surface area contributed by atoms with Crippen LogP contribution in [0.15, 0.2) is 42.4 Å². The van der Waals surface area contributed by atoms with Gasteiger partial charge in [-0.2, -0.15) is 4.39 Å². The molecule has 1 aromatic carbocycles. The average Bonchev–Trinajstić information content (AvgIpc) is 2.76. The lowest BCUT2D eigenvalue weighted by Gasteiger charge is -2.23. The van der Waals surface area contributed by atoms with E-state index in [0.29, 0.717) is 12.7 Å². The summed E-state index contributed by atoms with van der Waals surface area (Å²) < 4.78 is 42.4. The summed E-state index contributed by atoms with van der Waals surface area (Å²) in [6.45, 7) is -0.466. The smallest absolute Gasteiger partial charge is 0.413 e. The molecule has 0 aromatic heterocycles. The van der Waals surface area contributed by atoms with Crippen molar-refractivity contribution >= 4 is 26.3 Å². The Hall–Kier alpha value is -2.59. The second kappa shape index (κ2) is 13.6. The van der Waals surface area contributed by atoms with Crippen LogP contribution < -0.4 is 14.9 Å². The normalized spacial score (nSPS) is 14.3. The third-order valence-corrected chi connectivity index (χ3v) is 5.18. The fourth-order valence-corrected chi connectivity index (χ4v) is 3.36. The Kier molecular flexibility index (Phi) is 11.5. The molecular weight excluding hydrogens is 420 g/mol. The van der Waals surface area contributed by atoms with Crippen LogP contribution in [0.5, 0.6) is 5.75 Å². The van der Waals surface area contributed by atoms with Gasteiger partial charge in [0.15, 0.2) is 0 Å². The van der Waals surface area contributed by atoms with E-state index < -0.39 is 25.6 Å². The highest BCUT2D eigenvalue weighted by Gasteiger charge is 2.28. The van der Waals surface area contributed by atoms with E-state index in [1.807, 2.05) is 0 Å². The molecule has 0 radical (unpaired) electrons. The average molecular weight is 445 g/mol. The van der Waals surface area contributed by atoms with Crippen LogP contribution in [-0.4, -0.2) is 63.5 Å². The van der Waals surface area contributed by atoms with E-state index in [1.165, 1.54) is 14.2 Å². The first kappa shape index (κ1) is 25.4. The van der Waals surface area contributed by atoms with Gasteiger partial charge >= 0.3 is 7.75 Å². The zero-order valence-corrected chi connectivity index (χ0v) is 17.5. The summed E-state index contributed by atoms with van der Waals surface area (Å²) in [4.78, 5) is 33.9. The Morgan fingerprint density at radius 3 is 2.57 bits per heavy atom. The Morgan fingerprint density at radius 1 is 1.30 bits per heavy atom. The SMILES string of the molecule is CNC(=O)/C(F)=C\N(C=O)CCC(CO[P@@](=O)(NCC=O)Oc1ccccc1)OC. The van der Waals surface area contributed by atoms with Gasteiger partial charge in [0.1, 0.15) is 12.0 Å². The molecule has 166 valence electrons. The first-order valence-electron chi connectivity index (χ1n) is 8.88. The van der Waals surface area contributed by atoms with Crippen molar-refractivity contribution in [1.82, 2.24) is 15.3 Å². The zero-order valence-electron chi connectivity index (χ0n) is 16.7. The minimum Gasteiger partial charge on any atom is -0.413 e. The van der Waals surface area contributed by atoms with Gasteiger partial charge in [-0.15, -0.1) is 0 Å². The lowest BCUT2D eigenvalue weighted by Crippen LogP contribution is -2.28. The molecule has 1 rings (SSSR count). The zero-order chi connectivity index (χ0) is 22.4. The number of ether oxygens (including phenoxy) is 1.